The molecule has 3 rings (SSSR count). The van der Waals surface area contributed by atoms with Gasteiger partial charge in [-0.2, -0.15) is 4.31 Å². The molecule has 0 radical (unpaired) electrons. The average Bonchev–Trinajstić information content (AvgIpc) is 3.25. The van der Waals surface area contributed by atoms with Crippen molar-refractivity contribution in [1.29, 1.82) is 0 Å². The van der Waals surface area contributed by atoms with Crippen molar-refractivity contribution in [3.8, 4) is 11.5 Å². The van der Waals surface area contributed by atoms with Gasteiger partial charge >= 0.3 is 5.69 Å². The summed E-state index contributed by atoms with van der Waals surface area (Å²) in [7, 11) is -3.84. The summed E-state index contributed by atoms with van der Waals surface area (Å²) in [4.78, 5) is 15.0. The van der Waals surface area contributed by atoms with Gasteiger partial charge in [-0.25, -0.2) is 17.8 Å². The molecule has 12 heteroatoms. The summed E-state index contributed by atoms with van der Waals surface area (Å²) in [6.45, 7) is 4.02. The number of aromatic nitrogens is 1. The molecule has 1 aromatic heterocycles. The number of halogens is 1. The van der Waals surface area contributed by atoms with E-state index in [4.69, 9.17) is 9.47 Å². The summed E-state index contributed by atoms with van der Waals surface area (Å²) in [6.07, 6.45) is 0. The van der Waals surface area contributed by atoms with E-state index < -0.39 is 20.6 Å². The van der Waals surface area contributed by atoms with Gasteiger partial charge in [0.05, 0.1) is 15.5 Å². The van der Waals surface area contributed by atoms with Crippen molar-refractivity contribution in [2.24, 2.45) is 0 Å². The van der Waals surface area contributed by atoms with E-state index in [9.17, 15) is 22.9 Å². The van der Waals surface area contributed by atoms with Crippen molar-refractivity contribution in [3.63, 3.8) is 0 Å². The maximum absolute atomic E-state index is 13.0. The van der Waals surface area contributed by atoms with Crippen LogP contribution in [0.5, 0.6) is 11.5 Å². The predicted octanol–water partition coefficient (Wildman–Crippen LogP) is 4.38. The molecule has 0 atom stereocenters. The Labute approximate surface area is 194 Å². The fourth-order valence-electron chi connectivity index (χ4n) is 2.94. The van der Waals surface area contributed by atoms with E-state index in [1.54, 1.807) is 19.2 Å². The van der Waals surface area contributed by atoms with Crippen LogP contribution in [0.1, 0.15) is 24.5 Å². The SMILES string of the molecule is CCN(CC)S(=O)(=O)c1ccc(OCc2csc(COc3ccc(F)cc3)n2)c([N+](=O)[O-])c1. The van der Waals surface area contributed by atoms with Gasteiger partial charge < -0.3 is 9.47 Å². The van der Waals surface area contributed by atoms with Crippen LogP contribution >= 0.6 is 11.3 Å². The second-order valence-corrected chi connectivity index (χ2v) is 9.62. The number of nitro benzene ring substituents is 1. The van der Waals surface area contributed by atoms with Crippen LogP contribution in [0, 0.1) is 15.9 Å². The lowest BCUT2D eigenvalue weighted by atomic mass is 10.3. The van der Waals surface area contributed by atoms with Gasteiger partial charge in [-0.05, 0) is 36.4 Å². The topological polar surface area (TPSA) is 112 Å². The molecule has 0 aliphatic carbocycles. The highest BCUT2D eigenvalue weighted by Crippen LogP contribution is 2.31. The smallest absolute Gasteiger partial charge is 0.312 e. The third-order valence-electron chi connectivity index (χ3n) is 4.62. The molecule has 2 aromatic carbocycles. The zero-order valence-corrected chi connectivity index (χ0v) is 19.6. The summed E-state index contributed by atoms with van der Waals surface area (Å²) in [5.74, 6) is 0.0826. The van der Waals surface area contributed by atoms with Crippen molar-refractivity contribution in [2.45, 2.75) is 32.0 Å². The Morgan fingerprint density at radius 1 is 1.09 bits per heavy atom. The second kappa shape index (κ2) is 10.7. The molecule has 9 nitrogen and oxygen atoms in total. The molecular formula is C21H22FN3O6S2. The highest BCUT2D eigenvalue weighted by molar-refractivity contribution is 7.89. The van der Waals surface area contributed by atoms with Crippen LogP contribution in [-0.4, -0.2) is 35.7 Å². The quantitative estimate of drug-likeness (QED) is 0.287. The number of hydrogen-bond donors (Lipinski definition) is 0. The minimum atomic E-state index is -3.84. The standard InChI is InChI=1S/C21H22FN3O6S2/c1-3-24(4-2)33(28,29)18-9-10-20(19(11-18)25(26)27)31-12-16-14-32-21(23-16)13-30-17-7-5-15(22)6-8-17/h5-11,14H,3-4,12-13H2,1-2H3. The Hall–Kier alpha value is -3.09. The van der Waals surface area contributed by atoms with Gasteiger partial charge in [0.15, 0.2) is 5.75 Å². The maximum Gasteiger partial charge on any atom is 0.312 e. The van der Waals surface area contributed by atoms with E-state index in [1.165, 1.54) is 52.0 Å². The fraction of sp³-hybridized carbons (Fsp3) is 0.286. The third kappa shape index (κ3) is 6.03. The summed E-state index contributed by atoms with van der Waals surface area (Å²) in [5.41, 5.74) is 0.0881. The van der Waals surface area contributed by atoms with Crippen molar-refractivity contribution in [1.82, 2.24) is 9.29 Å². The lowest BCUT2D eigenvalue weighted by Crippen LogP contribution is -2.30. The molecule has 0 aliphatic rings. The molecule has 176 valence electrons. The summed E-state index contributed by atoms with van der Waals surface area (Å²) in [5, 5.41) is 13.9. The van der Waals surface area contributed by atoms with Gasteiger partial charge in [0.25, 0.3) is 0 Å². The van der Waals surface area contributed by atoms with Crippen LogP contribution in [0.25, 0.3) is 0 Å². The normalized spacial score (nSPS) is 11.5. The fourth-order valence-corrected chi connectivity index (χ4v) is 5.11. The highest BCUT2D eigenvalue weighted by atomic mass is 32.2. The first-order chi connectivity index (χ1) is 15.7. The van der Waals surface area contributed by atoms with Crippen LogP contribution in [-0.2, 0) is 23.2 Å². The zero-order valence-electron chi connectivity index (χ0n) is 17.9. The molecule has 0 saturated carbocycles. The highest BCUT2D eigenvalue weighted by Gasteiger charge is 2.26. The maximum atomic E-state index is 13.0. The average molecular weight is 496 g/mol. The number of rotatable bonds is 11. The summed E-state index contributed by atoms with van der Waals surface area (Å²) >= 11 is 1.32. The Morgan fingerprint density at radius 2 is 1.79 bits per heavy atom. The van der Waals surface area contributed by atoms with E-state index in [2.05, 4.69) is 4.98 Å². The van der Waals surface area contributed by atoms with Gasteiger partial charge in [0.2, 0.25) is 10.0 Å². The Balaban J connectivity index is 1.68. The minimum Gasteiger partial charge on any atom is -0.486 e. The van der Waals surface area contributed by atoms with E-state index in [1.807, 2.05) is 0 Å². The lowest BCUT2D eigenvalue weighted by Gasteiger charge is -2.18. The Morgan fingerprint density at radius 3 is 2.42 bits per heavy atom. The van der Waals surface area contributed by atoms with Crippen molar-refractivity contribution >= 4 is 27.0 Å². The number of nitro groups is 1. The lowest BCUT2D eigenvalue weighted by molar-refractivity contribution is -0.386. The minimum absolute atomic E-state index is 0.0456. The van der Waals surface area contributed by atoms with Gasteiger partial charge in [-0.3, -0.25) is 10.1 Å². The number of benzene rings is 2. The van der Waals surface area contributed by atoms with Crippen LogP contribution in [0.15, 0.2) is 52.7 Å². The van der Waals surface area contributed by atoms with Crippen molar-refractivity contribution in [2.75, 3.05) is 13.1 Å². The van der Waals surface area contributed by atoms with Crippen LogP contribution in [0.2, 0.25) is 0 Å². The molecule has 0 saturated heterocycles. The van der Waals surface area contributed by atoms with E-state index in [-0.39, 0.29) is 42.8 Å². The molecule has 0 spiro atoms. The summed E-state index contributed by atoms with van der Waals surface area (Å²) in [6, 6.07) is 9.18. The van der Waals surface area contributed by atoms with Gasteiger partial charge in [-0.15, -0.1) is 11.3 Å². The molecule has 0 fully saturated rings. The number of nitrogens with zero attached hydrogens (tertiary/aromatic N) is 3. The monoisotopic (exact) mass is 495 g/mol. The Kier molecular flexibility index (Phi) is 7.95. The van der Waals surface area contributed by atoms with Crippen molar-refractivity contribution in [3.05, 3.63) is 74.5 Å². The number of sulfonamides is 1. The number of hydrogen-bond acceptors (Lipinski definition) is 8. The first kappa shape index (κ1) is 24.6. The molecule has 1 heterocycles. The van der Waals surface area contributed by atoms with Crippen molar-refractivity contribution < 1.29 is 27.2 Å². The molecule has 0 amide bonds. The predicted molar refractivity (Wildman–Crippen MR) is 120 cm³/mol. The van der Waals surface area contributed by atoms with Crippen LogP contribution in [0.3, 0.4) is 0 Å². The molecule has 3 aromatic rings. The number of ether oxygens (including phenoxy) is 2. The van der Waals surface area contributed by atoms with E-state index >= 15 is 0 Å². The van der Waals surface area contributed by atoms with E-state index in [0.717, 1.165) is 6.07 Å². The largest absolute Gasteiger partial charge is 0.486 e. The zero-order chi connectivity index (χ0) is 24.0. The Bertz CT molecular complexity index is 1210. The molecular weight excluding hydrogens is 473 g/mol. The van der Waals surface area contributed by atoms with Gasteiger partial charge in [0, 0.05) is 24.5 Å². The molecule has 0 bridgehead atoms. The first-order valence-electron chi connectivity index (χ1n) is 9.97. The van der Waals surface area contributed by atoms with E-state index in [0.29, 0.717) is 16.5 Å². The van der Waals surface area contributed by atoms with Crippen LogP contribution < -0.4 is 9.47 Å². The summed E-state index contributed by atoms with van der Waals surface area (Å²) < 4.78 is 50.6. The third-order valence-corrected chi connectivity index (χ3v) is 7.54. The van der Waals surface area contributed by atoms with Gasteiger partial charge in [0.1, 0.15) is 29.8 Å². The van der Waals surface area contributed by atoms with Gasteiger partial charge in [-0.1, -0.05) is 13.8 Å². The molecule has 33 heavy (non-hydrogen) atoms. The van der Waals surface area contributed by atoms with Crippen LogP contribution in [0.4, 0.5) is 10.1 Å². The molecule has 0 N–H and O–H groups in total. The second-order valence-electron chi connectivity index (χ2n) is 6.74. The number of thiazole rings is 1. The molecule has 0 aliphatic heterocycles. The first-order valence-corrected chi connectivity index (χ1v) is 12.3. The molecule has 0 unspecified atom stereocenters.